The van der Waals surface area contributed by atoms with E-state index < -0.39 is 23.7 Å². The standard InChI is InChI=1S/C24H27N2O6/c1-2-31-20-13-15(10-11-19(20)32-16-7-4-3-5-8-16)17(14-21(27)28)23-24(29)22-18(26(23)30)9-6-12-25-22/h6,9-13,16-17,23H,2-5,7-8,14H2,1H3,(H,27,28)/q-1. The number of carboxylic acid groups (broad SMARTS) is 1. The fraction of sp³-hybridized carbons (Fsp3) is 0.458. The van der Waals surface area contributed by atoms with Gasteiger partial charge in [0, 0.05) is 12.1 Å². The number of pyridine rings is 1. The van der Waals surface area contributed by atoms with Crippen LogP contribution in [0.2, 0.25) is 0 Å². The number of nitrogens with zero attached hydrogens (tertiary/aromatic N) is 2. The summed E-state index contributed by atoms with van der Waals surface area (Å²) in [6, 6.07) is 7.09. The Bertz CT molecular complexity index is 988. The van der Waals surface area contributed by atoms with Crippen molar-refractivity contribution in [2.24, 2.45) is 0 Å². The van der Waals surface area contributed by atoms with E-state index in [1.165, 1.54) is 18.7 Å². The predicted molar refractivity (Wildman–Crippen MR) is 118 cm³/mol. The number of hydroxylamine groups is 1. The zero-order valence-corrected chi connectivity index (χ0v) is 18.0. The molecular formula is C24H27N2O6-. The average molecular weight is 439 g/mol. The van der Waals surface area contributed by atoms with Gasteiger partial charge in [0.2, 0.25) is 5.78 Å². The van der Waals surface area contributed by atoms with Crippen LogP contribution in [0, 0.1) is 5.21 Å². The molecule has 1 N–H and O–H groups in total. The van der Waals surface area contributed by atoms with E-state index in [9.17, 15) is 19.9 Å². The summed E-state index contributed by atoms with van der Waals surface area (Å²) >= 11 is 0. The second kappa shape index (κ2) is 9.56. The molecule has 32 heavy (non-hydrogen) atoms. The predicted octanol–water partition coefficient (Wildman–Crippen LogP) is 4.32. The summed E-state index contributed by atoms with van der Waals surface area (Å²) in [6.45, 7) is 2.26. The van der Waals surface area contributed by atoms with E-state index >= 15 is 0 Å². The Morgan fingerprint density at radius 1 is 1.25 bits per heavy atom. The summed E-state index contributed by atoms with van der Waals surface area (Å²) in [5.41, 5.74) is 0.782. The molecular weight excluding hydrogens is 412 g/mol. The van der Waals surface area contributed by atoms with Gasteiger partial charge in [-0.15, -0.1) is 0 Å². The van der Waals surface area contributed by atoms with E-state index in [4.69, 9.17) is 9.47 Å². The second-order valence-electron chi connectivity index (χ2n) is 8.23. The van der Waals surface area contributed by atoms with Crippen LogP contribution in [0.5, 0.6) is 11.5 Å². The molecule has 1 aromatic carbocycles. The first kappa shape index (κ1) is 22.1. The normalized spacial score (nSPS) is 19.5. The molecule has 1 saturated carbocycles. The average Bonchev–Trinajstić information content (AvgIpc) is 3.04. The fourth-order valence-electron chi connectivity index (χ4n) is 4.59. The number of carbonyl (C=O) groups excluding carboxylic acids is 1. The second-order valence-corrected chi connectivity index (χ2v) is 8.23. The van der Waals surface area contributed by atoms with Crippen LogP contribution in [0.3, 0.4) is 0 Å². The van der Waals surface area contributed by atoms with Crippen LogP contribution >= 0.6 is 0 Å². The van der Waals surface area contributed by atoms with E-state index in [2.05, 4.69) is 4.98 Å². The highest BCUT2D eigenvalue weighted by Crippen LogP contribution is 2.41. The third-order valence-electron chi connectivity index (χ3n) is 6.10. The summed E-state index contributed by atoms with van der Waals surface area (Å²) in [5.74, 6) is -1.35. The van der Waals surface area contributed by atoms with E-state index in [0.717, 1.165) is 25.7 Å². The van der Waals surface area contributed by atoms with E-state index in [1.54, 1.807) is 24.3 Å². The lowest BCUT2D eigenvalue weighted by molar-refractivity contribution is -0.137. The lowest BCUT2D eigenvalue weighted by Gasteiger charge is -2.36. The molecule has 0 radical (unpaired) electrons. The van der Waals surface area contributed by atoms with Crippen molar-refractivity contribution in [2.45, 2.75) is 63.5 Å². The maximum absolute atomic E-state index is 13.0. The molecule has 2 atom stereocenters. The Hall–Kier alpha value is -3.13. The molecule has 1 aliphatic carbocycles. The molecule has 1 aromatic heterocycles. The molecule has 2 aromatic rings. The Morgan fingerprint density at radius 2 is 2.03 bits per heavy atom. The van der Waals surface area contributed by atoms with Gasteiger partial charge in [-0.3, -0.25) is 14.6 Å². The maximum atomic E-state index is 13.0. The molecule has 1 aliphatic heterocycles. The minimum atomic E-state index is -1.20. The molecule has 2 heterocycles. The highest BCUT2D eigenvalue weighted by molar-refractivity contribution is 6.10. The van der Waals surface area contributed by atoms with Crippen LogP contribution in [0.4, 0.5) is 5.69 Å². The van der Waals surface area contributed by atoms with Gasteiger partial charge in [-0.25, -0.2) is 0 Å². The van der Waals surface area contributed by atoms with Crippen molar-refractivity contribution in [1.29, 1.82) is 0 Å². The van der Waals surface area contributed by atoms with Crippen molar-refractivity contribution in [3.05, 3.63) is 53.0 Å². The minimum absolute atomic E-state index is 0.0742. The molecule has 4 rings (SSSR count). The lowest BCUT2D eigenvalue weighted by atomic mass is 9.86. The number of anilines is 1. The van der Waals surface area contributed by atoms with Crippen LogP contribution in [0.15, 0.2) is 36.5 Å². The number of carbonyl (C=O) groups is 2. The number of carboxylic acids is 1. The Morgan fingerprint density at radius 3 is 2.72 bits per heavy atom. The largest absolute Gasteiger partial charge is 0.758 e. The first-order chi connectivity index (χ1) is 15.5. The van der Waals surface area contributed by atoms with Gasteiger partial charge in [0.25, 0.3) is 0 Å². The van der Waals surface area contributed by atoms with Crippen LogP contribution in [-0.2, 0) is 4.79 Å². The molecule has 170 valence electrons. The summed E-state index contributed by atoms with van der Waals surface area (Å²) < 4.78 is 12.0. The van der Waals surface area contributed by atoms with Crippen LogP contribution < -0.4 is 14.5 Å². The summed E-state index contributed by atoms with van der Waals surface area (Å²) in [5, 5.41) is 23.1. The van der Waals surface area contributed by atoms with E-state index in [-0.39, 0.29) is 23.9 Å². The van der Waals surface area contributed by atoms with Gasteiger partial charge in [0.1, 0.15) is 5.69 Å². The van der Waals surface area contributed by atoms with Gasteiger partial charge < -0.3 is 24.9 Å². The van der Waals surface area contributed by atoms with Crippen molar-refractivity contribution >= 4 is 17.4 Å². The molecule has 0 bridgehead atoms. The summed E-state index contributed by atoms with van der Waals surface area (Å²) in [6.07, 6.45) is 6.64. The van der Waals surface area contributed by atoms with Gasteiger partial charge in [-0.05, 0) is 62.4 Å². The highest BCUT2D eigenvalue weighted by Gasteiger charge is 2.40. The number of fused-ring (bicyclic) bond motifs is 1. The molecule has 8 nitrogen and oxygen atoms in total. The Labute approximate surface area is 186 Å². The van der Waals surface area contributed by atoms with Gasteiger partial charge >= 0.3 is 5.97 Å². The molecule has 1 fully saturated rings. The maximum Gasteiger partial charge on any atom is 0.304 e. The smallest absolute Gasteiger partial charge is 0.304 e. The Balaban J connectivity index is 1.67. The lowest BCUT2D eigenvalue weighted by Crippen LogP contribution is -2.38. The summed E-state index contributed by atoms with van der Waals surface area (Å²) in [4.78, 5) is 28.7. The third kappa shape index (κ3) is 4.41. The van der Waals surface area contributed by atoms with Crippen LogP contribution in [0.1, 0.15) is 67.4 Å². The van der Waals surface area contributed by atoms with E-state index in [1.807, 2.05) is 6.92 Å². The van der Waals surface area contributed by atoms with Crippen LogP contribution in [0.25, 0.3) is 0 Å². The van der Waals surface area contributed by atoms with Crippen molar-refractivity contribution in [3.8, 4) is 11.5 Å². The van der Waals surface area contributed by atoms with Gasteiger partial charge in [0.15, 0.2) is 11.5 Å². The number of Topliss-reactive ketones (excluding diaryl/α,β-unsaturated/α-hetero) is 1. The quantitative estimate of drug-likeness (QED) is 0.647. The van der Waals surface area contributed by atoms with Crippen LogP contribution in [-0.4, -0.2) is 40.6 Å². The first-order valence-electron chi connectivity index (χ1n) is 11.1. The van der Waals surface area contributed by atoms with Crippen molar-refractivity contribution in [1.82, 2.24) is 4.98 Å². The van der Waals surface area contributed by atoms with Gasteiger partial charge in [0.05, 0.1) is 30.9 Å². The molecule has 0 saturated heterocycles. The molecule has 8 heteroatoms. The third-order valence-corrected chi connectivity index (χ3v) is 6.10. The zero-order chi connectivity index (χ0) is 22.7. The van der Waals surface area contributed by atoms with Crippen molar-refractivity contribution in [3.63, 3.8) is 0 Å². The fourth-order valence-corrected chi connectivity index (χ4v) is 4.59. The number of ketones is 1. The SMILES string of the molecule is CCOc1cc(C(CC(=O)O)C2C(=O)c3ncccc3N2[O-])ccc1OC1CCCCC1. The molecule has 0 amide bonds. The topological polar surface area (TPSA) is 112 Å². The number of rotatable bonds is 8. The van der Waals surface area contributed by atoms with Gasteiger partial charge in [-0.2, -0.15) is 0 Å². The highest BCUT2D eigenvalue weighted by atomic mass is 16.5. The number of aromatic nitrogens is 1. The number of ether oxygens (including phenoxy) is 2. The minimum Gasteiger partial charge on any atom is -0.758 e. The van der Waals surface area contributed by atoms with Crippen molar-refractivity contribution < 1.29 is 24.2 Å². The first-order valence-corrected chi connectivity index (χ1v) is 11.1. The zero-order valence-electron chi connectivity index (χ0n) is 18.0. The molecule has 2 aliphatic rings. The molecule has 0 spiro atoms. The summed E-state index contributed by atoms with van der Waals surface area (Å²) in [7, 11) is 0. The number of hydrogen-bond donors (Lipinski definition) is 1. The number of aliphatic carboxylic acids is 1. The monoisotopic (exact) mass is 439 g/mol. The van der Waals surface area contributed by atoms with E-state index in [0.29, 0.717) is 28.7 Å². The molecule has 2 unspecified atom stereocenters. The van der Waals surface area contributed by atoms with Gasteiger partial charge in [-0.1, -0.05) is 12.5 Å². The Kier molecular flexibility index (Phi) is 6.60. The van der Waals surface area contributed by atoms with Crippen molar-refractivity contribution in [2.75, 3.05) is 11.7 Å². The number of benzene rings is 1. The number of hydrogen-bond acceptors (Lipinski definition) is 7.